The van der Waals surface area contributed by atoms with E-state index in [-0.39, 0.29) is 4.83 Å². The van der Waals surface area contributed by atoms with Crippen LogP contribution in [0.25, 0.3) is 0 Å². The van der Waals surface area contributed by atoms with Crippen molar-refractivity contribution in [2.24, 2.45) is 0 Å². The molecule has 0 amide bonds. The van der Waals surface area contributed by atoms with Gasteiger partial charge in [-0.2, -0.15) is 0 Å². The third kappa shape index (κ3) is 2.98. The maximum atomic E-state index is 6.00. The van der Waals surface area contributed by atoms with Crippen LogP contribution >= 0.6 is 38.9 Å². The molecule has 0 aliphatic rings. The second-order valence-electron chi connectivity index (χ2n) is 4.24. The van der Waals surface area contributed by atoms with Gasteiger partial charge in [-0.15, -0.1) is 11.3 Å². The van der Waals surface area contributed by atoms with Crippen molar-refractivity contribution in [2.75, 3.05) is 0 Å². The van der Waals surface area contributed by atoms with Crippen molar-refractivity contribution in [2.45, 2.75) is 31.5 Å². The zero-order valence-corrected chi connectivity index (χ0v) is 13.7. The molecule has 1 unspecified atom stereocenters. The monoisotopic (exact) mass is 342 g/mol. The molecule has 0 bridgehead atoms. The van der Waals surface area contributed by atoms with Gasteiger partial charge in [0.05, 0.1) is 9.16 Å². The van der Waals surface area contributed by atoms with Gasteiger partial charge in [-0.1, -0.05) is 59.6 Å². The first kappa shape index (κ1) is 14.1. The summed E-state index contributed by atoms with van der Waals surface area (Å²) in [6.07, 6.45) is 2.18. The Balaban J connectivity index is 2.33. The van der Waals surface area contributed by atoms with Crippen LogP contribution in [-0.2, 0) is 12.8 Å². The molecule has 0 radical (unpaired) electrons. The van der Waals surface area contributed by atoms with Crippen molar-refractivity contribution in [1.29, 1.82) is 0 Å². The quantitative estimate of drug-likeness (QED) is 0.596. The minimum Gasteiger partial charge on any atom is -0.127 e. The molecule has 1 atom stereocenters. The maximum absolute atomic E-state index is 6.00. The van der Waals surface area contributed by atoms with E-state index < -0.39 is 0 Å². The Labute approximate surface area is 126 Å². The number of hydrogen-bond acceptors (Lipinski definition) is 1. The molecular formula is C15H16BrClS. The summed E-state index contributed by atoms with van der Waals surface area (Å²) in [7, 11) is 0. The molecule has 2 aromatic rings. The normalized spacial score (nSPS) is 12.7. The number of benzene rings is 1. The van der Waals surface area contributed by atoms with Crippen LogP contribution in [0, 0.1) is 0 Å². The average molecular weight is 344 g/mol. The molecule has 96 valence electrons. The lowest BCUT2D eigenvalue weighted by Crippen LogP contribution is -1.96. The first-order chi connectivity index (χ1) is 8.65. The zero-order valence-electron chi connectivity index (χ0n) is 10.5. The highest BCUT2D eigenvalue weighted by molar-refractivity contribution is 9.09. The standard InChI is InChI=1S/C15H16BrClS/c1-3-10-5-6-12(9-11(10)4-2)15(16)13-7-8-14(17)18-13/h5-9,15H,3-4H2,1-2H3. The van der Waals surface area contributed by atoms with Gasteiger partial charge in [0.15, 0.2) is 0 Å². The van der Waals surface area contributed by atoms with Crippen LogP contribution in [0.1, 0.15) is 40.2 Å². The molecule has 1 aromatic carbocycles. The van der Waals surface area contributed by atoms with E-state index in [9.17, 15) is 0 Å². The fraction of sp³-hybridized carbons (Fsp3) is 0.333. The van der Waals surface area contributed by atoms with Crippen LogP contribution < -0.4 is 0 Å². The summed E-state index contributed by atoms with van der Waals surface area (Å²) in [5, 5.41) is 0. The molecule has 2 rings (SSSR count). The van der Waals surface area contributed by atoms with E-state index >= 15 is 0 Å². The highest BCUT2D eigenvalue weighted by atomic mass is 79.9. The molecule has 18 heavy (non-hydrogen) atoms. The third-order valence-corrected chi connectivity index (χ3v) is 5.75. The van der Waals surface area contributed by atoms with Gasteiger partial charge < -0.3 is 0 Å². The van der Waals surface area contributed by atoms with Gasteiger partial charge in [0.2, 0.25) is 0 Å². The summed E-state index contributed by atoms with van der Waals surface area (Å²) in [4.78, 5) is 1.50. The second-order valence-corrected chi connectivity index (χ2v) is 6.90. The first-order valence-electron chi connectivity index (χ1n) is 6.16. The predicted octanol–water partition coefficient (Wildman–Crippen LogP) is 6.01. The fourth-order valence-corrected chi connectivity index (χ4v) is 3.89. The van der Waals surface area contributed by atoms with Crippen LogP contribution in [0.3, 0.4) is 0 Å². The maximum Gasteiger partial charge on any atom is 0.0931 e. The summed E-state index contributed by atoms with van der Waals surface area (Å²) < 4.78 is 0.843. The molecule has 0 fully saturated rings. The first-order valence-corrected chi connectivity index (χ1v) is 8.27. The predicted molar refractivity (Wildman–Crippen MR) is 85.3 cm³/mol. The van der Waals surface area contributed by atoms with E-state index in [2.05, 4.69) is 54.0 Å². The van der Waals surface area contributed by atoms with Crippen LogP contribution in [-0.4, -0.2) is 0 Å². The molecule has 1 aromatic heterocycles. The van der Waals surface area contributed by atoms with E-state index in [0.717, 1.165) is 17.2 Å². The van der Waals surface area contributed by atoms with Crippen LogP contribution in [0.2, 0.25) is 4.34 Å². The smallest absolute Gasteiger partial charge is 0.0931 e. The average Bonchev–Trinajstić information content (AvgIpc) is 2.83. The van der Waals surface area contributed by atoms with E-state index in [0.29, 0.717) is 0 Å². The molecule has 0 spiro atoms. The molecule has 0 N–H and O–H groups in total. The number of aryl methyl sites for hydroxylation is 2. The molecular weight excluding hydrogens is 328 g/mol. The molecule has 0 saturated carbocycles. The van der Waals surface area contributed by atoms with E-state index in [1.807, 2.05) is 6.07 Å². The van der Waals surface area contributed by atoms with Crippen molar-refractivity contribution in [3.8, 4) is 0 Å². The van der Waals surface area contributed by atoms with E-state index in [4.69, 9.17) is 11.6 Å². The number of hydrogen-bond donors (Lipinski definition) is 0. The van der Waals surface area contributed by atoms with Gasteiger partial charge in [0.1, 0.15) is 0 Å². The zero-order chi connectivity index (χ0) is 13.1. The van der Waals surface area contributed by atoms with Gasteiger partial charge in [-0.25, -0.2) is 0 Å². The highest BCUT2D eigenvalue weighted by Gasteiger charge is 2.13. The van der Waals surface area contributed by atoms with Crippen molar-refractivity contribution in [3.63, 3.8) is 0 Å². The number of halogens is 2. The van der Waals surface area contributed by atoms with Gasteiger partial charge >= 0.3 is 0 Å². The van der Waals surface area contributed by atoms with Gasteiger partial charge in [-0.3, -0.25) is 0 Å². The Morgan fingerprint density at radius 2 is 1.83 bits per heavy atom. The lowest BCUT2D eigenvalue weighted by molar-refractivity contribution is 1.02. The van der Waals surface area contributed by atoms with Gasteiger partial charge in [-0.05, 0) is 41.7 Å². The minimum absolute atomic E-state index is 0.242. The van der Waals surface area contributed by atoms with Crippen LogP contribution in [0.5, 0.6) is 0 Å². The third-order valence-electron chi connectivity index (χ3n) is 3.13. The Kier molecular flexibility index (Phi) is 4.88. The van der Waals surface area contributed by atoms with E-state index in [1.54, 1.807) is 11.3 Å². The summed E-state index contributed by atoms with van der Waals surface area (Å²) >= 11 is 11.4. The molecule has 0 aliphatic heterocycles. The second kappa shape index (κ2) is 6.23. The summed E-state index contributed by atoms with van der Waals surface area (Å²) in [6.45, 7) is 4.42. The molecule has 1 heterocycles. The lowest BCUT2D eigenvalue weighted by atomic mass is 9.98. The lowest BCUT2D eigenvalue weighted by Gasteiger charge is -2.12. The summed E-state index contributed by atoms with van der Waals surface area (Å²) in [6, 6.07) is 10.8. The molecule has 0 aliphatic carbocycles. The summed E-state index contributed by atoms with van der Waals surface area (Å²) in [5.41, 5.74) is 4.20. The summed E-state index contributed by atoms with van der Waals surface area (Å²) in [5.74, 6) is 0. The van der Waals surface area contributed by atoms with Crippen LogP contribution in [0.15, 0.2) is 30.3 Å². The number of thiophene rings is 1. The van der Waals surface area contributed by atoms with E-state index in [1.165, 1.54) is 21.6 Å². The Bertz CT molecular complexity index is 533. The Hall–Kier alpha value is -0.310. The molecule has 0 nitrogen and oxygen atoms in total. The van der Waals surface area contributed by atoms with Crippen molar-refractivity contribution in [1.82, 2.24) is 0 Å². The highest BCUT2D eigenvalue weighted by Crippen LogP contribution is 2.37. The molecule has 0 saturated heterocycles. The molecule has 3 heteroatoms. The van der Waals surface area contributed by atoms with Gasteiger partial charge in [0.25, 0.3) is 0 Å². The van der Waals surface area contributed by atoms with Crippen LogP contribution in [0.4, 0.5) is 0 Å². The fourth-order valence-electron chi connectivity index (χ4n) is 2.11. The topological polar surface area (TPSA) is 0 Å². The van der Waals surface area contributed by atoms with Crippen molar-refractivity contribution in [3.05, 3.63) is 56.2 Å². The van der Waals surface area contributed by atoms with Gasteiger partial charge in [0, 0.05) is 4.88 Å². The number of rotatable bonds is 4. The van der Waals surface area contributed by atoms with Crippen molar-refractivity contribution < 1.29 is 0 Å². The van der Waals surface area contributed by atoms with Crippen molar-refractivity contribution >= 4 is 38.9 Å². The largest absolute Gasteiger partial charge is 0.127 e. The number of alkyl halides is 1. The minimum atomic E-state index is 0.242. The Morgan fingerprint density at radius 3 is 2.39 bits per heavy atom. The Morgan fingerprint density at radius 1 is 1.11 bits per heavy atom. The SMILES string of the molecule is CCc1ccc(C(Br)c2ccc(Cl)s2)cc1CC.